The van der Waals surface area contributed by atoms with Crippen molar-refractivity contribution in [2.75, 3.05) is 0 Å². The maximum Gasteiger partial charge on any atom is 0.324 e. The van der Waals surface area contributed by atoms with Crippen molar-refractivity contribution in [2.45, 2.75) is 13.5 Å². The van der Waals surface area contributed by atoms with Gasteiger partial charge in [0.05, 0.1) is 13.6 Å². The van der Waals surface area contributed by atoms with Crippen LogP contribution >= 0.6 is 15.9 Å². The van der Waals surface area contributed by atoms with Gasteiger partial charge in [-0.2, -0.15) is 0 Å². The van der Waals surface area contributed by atoms with Crippen molar-refractivity contribution in [3.8, 4) is 0 Å². The molecule has 0 fully saturated rings. The molecule has 0 bridgehead atoms. The number of halogens is 1. The van der Waals surface area contributed by atoms with Crippen LogP contribution in [0.5, 0.6) is 0 Å². The largest absolute Gasteiger partial charge is 0.324 e. The molecule has 0 saturated carbocycles. The molecule has 2 nitrogen and oxygen atoms in total. The van der Waals surface area contributed by atoms with Gasteiger partial charge in [-0.1, -0.05) is 0 Å². The third kappa shape index (κ3) is 1.15. The van der Waals surface area contributed by atoms with Gasteiger partial charge in [0.15, 0.2) is 0 Å². The van der Waals surface area contributed by atoms with Crippen LogP contribution in [-0.4, -0.2) is 4.57 Å². The monoisotopic (exact) mass is 189 g/mol. The zero-order chi connectivity index (χ0) is 6.85. The van der Waals surface area contributed by atoms with Gasteiger partial charge in [0.2, 0.25) is 0 Å². The lowest BCUT2D eigenvalue weighted by Crippen LogP contribution is -2.31. The highest BCUT2D eigenvalue weighted by atomic mass is 79.9. The molecule has 1 heterocycles. The van der Waals surface area contributed by atoms with E-state index in [1.165, 1.54) is 0 Å². The lowest BCUT2D eigenvalue weighted by atomic mass is 10.7. The molecule has 0 radical (unpaired) electrons. The Hall–Kier alpha value is -0.310. The first-order valence-corrected chi connectivity index (χ1v) is 3.75. The molecule has 0 atom stereocenters. The smallest absolute Gasteiger partial charge is 0.227 e. The van der Waals surface area contributed by atoms with Gasteiger partial charge in [-0.15, -0.1) is 0 Å². The summed E-state index contributed by atoms with van der Waals surface area (Å²) in [5, 5.41) is 0. The Labute approximate surface area is 63.2 Å². The summed E-state index contributed by atoms with van der Waals surface area (Å²) < 4.78 is 5.27. The predicted molar refractivity (Wildman–Crippen MR) is 39.0 cm³/mol. The maximum atomic E-state index is 3.44. The molecular weight excluding hydrogens is 180 g/mol. The Bertz CT molecular complexity index is 205. The van der Waals surface area contributed by atoms with Crippen LogP contribution in [-0.2, 0) is 13.6 Å². The first-order valence-electron chi connectivity index (χ1n) is 2.96. The minimum Gasteiger partial charge on any atom is -0.227 e. The van der Waals surface area contributed by atoms with E-state index in [2.05, 4.69) is 27.4 Å². The molecule has 0 amide bonds. The van der Waals surface area contributed by atoms with Crippen LogP contribution in [0.2, 0.25) is 0 Å². The SMILES string of the molecule is CC[n+]1ccn(C)c1Br. The van der Waals surface area contributed by atoms with Gasteiger partial charge in [0.1, 0.15) is 12.4 Å². The Kier molecular flexibility index (Phi) is 1.90. The molecule has 0 aromatic carbocycles. The highest BCUT2D eigenvalue weighted by Crippen LogP contribution is 2.00. The van der Waals surface area contributed by atoms with Gasteiger partial charge >= 0.3 is 4.73 Å². The predicted octanol–water partition coefficient (Wildman–Crippen LogP) is 1.09. The normalized spacial score (nSPS) is 10.1. The fourth-order valence-corrected chi connectivity index (χ4v) is 1.23. The minimum absolute atomic E-state index is 1.02. The minimum atomic E-state index is 1.02. The van der Waals surface area contributed by atoms with Crippen molar-refractivity contribution in [3.05, 3.63) is 17.1 Å². The van der Waals surface area contributed by atoms with Crippen LogP contribution in [0.15, 0.2) is 17.1 Å². The molecule has 1 rings (SSSR count). The number of hydrogen-bond acceptors (Lipinski definition) is 0. The van der Waals surface area contributed by atoms with Gasteiger partial charge in [0.25, 0.3) is 0 Å². The average molecular weight is 190 g/mol. The molecule has 3 heteroatoms. The van der Waals surface area contributed by atoms with Crippen molar-refractivity contribution >= 4 is 15.9 Å². The molecule has 0 saturated heterocycles. The topological polar surface area (TPSA) is 8.81 Å². The van der Waals surface area contributed by atoms with E-state index in [9.17, 15) is 0 Å². The van der Waals surface area contributed by atoms with Crippen LogP contribution in [0, 0.1) is 0 Å². The van der Waals surface area contributed by atoms with E-state index in [-0.39, 0.29) is 0 Å². The standard InChI is InChI=1S/C6H10BrN2/c1-3-9-5-4-8(2)6(9)7/h4-5H,3H2,1-2H3/q+1. The van der Waals surface area contributed by atoms with E-state index >= 15 is 0 Å². The van der Waals surface area contributed by atoms with Crippen molar-refractivity contribution in [3.63, 3.8) is 0 Å². The van der Waals surface area contributed by atoms with Gasteiger partial charge < -0.3 is 0 Å². The summed E-state index contributed by atoms with van der Waals surface area (Å²) in [5.41, 5.74) is 0. The second kappa shape index (κ2) is 2.52. The quantitative estimate of drug-likeness (QED) is 0.586. The molecule has 0 N–H and O–H groups in total. The third-order valence-electron chi connectivity index (χ3n) is 1.34. The van der Waals surface area contributed by atoms with Crippen molar-refractivity contribution in [1.29, 1.82) is 0 Å². The second-order valence-electron chi connectivity index (χ2n) is 1.96. The molecule has 0 spiro atoms. The summed E-state index contributed by atoms with van der Waals surface area (Å²) in [6.07, 6.45) is 4.07. The van der Waals surface area contributed by atoms with Crippen LogP contribution in [0.4, 0.5) is 0 Å². The zero-order valence-electron chi connectivity index (χ0n) is 5.63. The summed E-state index contributed by atoms with van der Waals surface area (Å²) >= 11 is 3.44. The number of imidazole rings is 1. The second-order valence-corrected chi connectivity index (χ2v) is 2.67. The summed E-state index contributed by atoms with van der Waals surface area (Å²) in [6, 6.07) is 0. The Morgan fingerprint density at radius 1 is 1.78 bits per heavy atom. The molecule has 0 aliphatic rings. The number of aryl methyl sites for hydroxylation is 2. The molecule has 0 aliphatic carbocycles. The molecular formula is C6H10BrN2+. The number of rotatable bonds is 1. The summed E-state index contributed by atoms with van der Waals surface area (Å²) in [5.74, 6) is 0. The number of nitrogens with zero attached hydrogens (tertiary/aromatic N) is 2. The van der Waals surface area contributed by atoms with E-state index in [4.69, 9.17) is 0 Å². The molecule has 0 unspecified atom stereocenters. The van der Waals surface area contributed by atoms with Gasteiger partial charge in [-0.25, -0.2) is 9.13 Å². The number of aromatic nitrogens is 2. The van der Waals surface area contributed by atoms with Crippen LogP contribution in [0.3, 0.4) is 0 Å². The third-order valence-corrected chi connectivity index (χ3v) is 2.35. The van der Waals surface area contributed by atoms with Crippen LogP contribution < -0.4 is 4.57 Å². The van der Waals surface area contributed by atoms with E-state index in [1.807, 2.05) is 24.0 Å². The lowest BCUT2D eigenvalue weighted by Gasteiger charge is -1.88. The van der Waals surface area contributed by atoms with Gasteiger partial charge in [0, 0.05) is 15.9 Å². The fraction of sp³-hybridized carbons (Fsp3) is 0.500. The maximum absolute atomic E-state index is 3.44. The summed E-state index contributed by atoms with van der Waals surface area (Å²) in [6.45, 7) is 3.13. The molecule has 0 aliphatic heterocycles. The molecule has 50 valence electrons. The zero-order valence-corrected chi connectivity index (χ0v) is 7.22. The van der Waals surface area contributed by atoms with Crippen LogP contribution in [0.1, 0.15) is 6.92 Å². The van der Waals surface area contributed by atoms with Crippen molar-refractivity contribution in [2.24, 2.45) is 7.05 Å². The van der Waals surface area contributed by atoms with E-state index in [0.717, 1.165) is 11.3 Å². The van der Waals surface area contributed by atoms with Gasteiger partial charge in [-0.3, -0.25) is 0 Å². The Balaban J connectivity index is 3.04. The Morgan fingerprint density at radius 3 is 2.67 bits per heavy atom. The van der Waals surface area contributed by atoms with Crippen molar-refractivity contribution in [1.82, 2.24) is 4.57 Å². The summed E-state index contributed by atoms with van der Waals surface area (Å²) in [4.78, 5) is 0. The molecule has 1 aromatic heterocycles. The first kappa shape index (κ1) is 6.81. The van der Waals surface area contributed by atoms with E-state index in [1.54, 1.807) is 0 Å². The fourth-order valence-electron chi connectivity index (χ4n) is 0.742. The molecule has 9 heavy (non-hydrogen) atoms. The highest BCUT2D eigenvalue weighted by Gasteiger charge is 2.06. The van der Waals surface area contributed by atoms with E-state index in [0.29, 0.717) is 0 Å². The van der Waals surface area contributed by atoms with Gasteiger partial charge in [-0.05, 0) is 6.92 Å². The average Bonchev–Trinajstić information content (AvgIpc) is 2.15. The molecule has 1 aromatic rings. The highest BCUT2D eigenvalue weighted by molar-refractivity contribution is 9.10. The Morgan fingerprint density at radius 2 is 2.44 bits per heavy atom. The lowest BCUT2D eigenvalue weighted by molar-refractivity contribution is -0.703. The van der Waals surface area contributed by atoms with E-state index < -0.39 is 0 Å². The van der Waals surface area contributed by atoms with Crippen molar-refractivity contribution < 1.29 is 4.57 Å². The first-order chi connectivity index (χ1) is 4.25. The number of hydrogen-bond donors (Lipinski definition) is 0. The van der Waals surface area contributed by atoms with Crippen LogP contribution in [0.25, 0.3) is 0 Å². The summed E-state index contributed by atoms with van der Waals surface area (Å²) in [7, 11) is 2.01.